The van der Waals surface area contributed by atoms with Gasteiger partial charge in [-0.25, -0.2) is 4.79 Å². The van der Waals surface area contributed by atoms with E-state index in [1.165, 1.54) is 5.69 Å². The van der Waals surface area contributed by atoms with E-state index in [0.717, 1.165) is 26.2 Å². The Morgan fingerprint density at radius 3 is 2.50 bits per heavy atom. The maximum Gasteiger partial charge on any atom is 0.347 e. The Morgan fingerprint density at radius 2 is 1.79 bits per heavy atom. The topological polar surface area (TPSA) is 63.0 Å². The van der Waals surface area contributed by atoms with E-state index >= 15 is 0 Å². The Hall–Kier alpha value is -3.12. The molecule has 28 heavy (non-hydrogen) atoms. The van der Waals surface area contributed by atoms with Gasteiger partial charge in [-0.2, -0.15) is 0 Å². The first-order valence-electron chi connectivity index (χ1n) is 9.31. The molecular weight excluding hydrogens is 356 g/mol. The van der Waals surface area contributed by atoms with Crippen LogP contribution in [0.15, 0.2) is 63.8 Å². The zero-order valence-corrected chi connectivity index (χ0v) is 15.8. The van der Waals surface area contributed by atoms with Crippen LogP contribution < -0.4 is 15.3 Å². The molecule has 0 saturated carbocycles. The first-order chi connectivity index (χ1) is 13.6. The van der Waals surface area contributed by atoms with Crippen molar-refractivity contribution >= 4 is 22.4 Å². The van der Waals surface area contributed by atoms with Crippen molar-refractivity contribution in [2.45, 2.75) is 0 Å². The van der Waals surface area contributed by atoms with E-state index in [-0.39, 0.29) is 17.9 Å². The minimum absolute atomic E-state index is 0.100. The lowest BCUT2D eigenvalue weighted by Gasteiger charge is -2.35. The lowest BCUT2D eigenvalue weighted by atomic mass is 10.1. The van der Waals surface area contributed by atoms with Crippen LogP contribution in [0.5, 0.6) is 5.75 Å². The molecule has 2 aromatic carbocycles. The summed E-state index contributed by atoms with van der Waals surface area (Å²) in [4.78, 5) is 29.4. The van der Waals surface area contributed by atoms with Crippen LogP contribution >= 0.6 is 0 Å². The van der Waals surface area contributed by atoms with Gasteiger partial charge in [0, 0.05) is 43.3 Å². The third-order valence-corrected chi connectivity index (χ3v) is 5.10. The van der Waals surface area contributed by atoms with Crippen LogP contribution in [0.2, 0.25) is 0 Å². The number of piperazine rings is 1. The van der Waals surface area contributed by atoms with E-state index in [1.54, 1.807) is 31.4 Å². The van der Waals surface area contributed by atoms with E-state index in [4.69, 9.17) is 9.15 Å². The molecule has 0 bridgehead atoms. The Bertz CT molecular complexity index is 1040. The number of fused-ring (bicyclic) bond motifs is 1. The molecule has 6 heteroatoms. The van der Waals surface area contributed by atoms with Crippen LogP contribution in [-0.4, -0.2) is 50.5 Å². The fourth-order valence-corrected chi connectivity index (χ4v) is 3.50. The van der Waals surface area contributed by atoms with Crippen LogP contribution in [-0.2, 0) is 0 Å². The van der Waals surface area contributed by atoms with E-state index in [9.17, 15) is 9.59 Å². The van der Waals surface area contributed by atoms with Crippen LogP contribution in [0.3, 0.4) is 0 Å². The lowest BCUT2D eigenvalue weighted by molar-refractivity contribution is 0.0923. The van der Waals surface area contributed by atoms with E-state index in [2.05, 4.69) is 21.9 Å². The normalized spacial score (nSPS) is 15.0. The predicted molar refractivity (Wildman–Crippen MR) is 108 cm³/mol. The van der Waals surface area contributed by atoms with Crippen molar-refractivity contribution in [1.29, 1.82) is 0 Å². The highest BCUT2D eigenvalue weighted by Crippen LogP contribution is 2.21. The Kier molecular flexibility index (Phi) is 5.12. The molecule has 1 fully saturated rings. The number of carbonyl (C=O) groups excluding carboxylic acids is 1. The third-order valence-electron chi connectivity index (χ3n) is 5.10. The van der Waals surface area contributed by atoms with E-state index in [0.29, 0.717) is 16.7 Å². The molecule has 6 nitrogen and oxygen atoms in total. The molecular formula is C22H22N2O4. The largest absolute Gasteiger partial charge is 0.497 e. The SMILES string of the molecule is COc1ccc2cc(C(=O)CN3CCN(c4ccccc4)CC3)c(=O)oc2c1. The summed E-state index contributed by atoms with van der Waals surface area (Å²) in [5.74, 6) is 0.394. The molecule has 4 rings (SSSR count). The maximum atomic E-state index is 12.7. The molecule has 1 aliphatic rings. The Labute approximate surface area is 162 Å². The summed E-state index contributed by atoms with van der Waals surface area (Å²) < 4.78 is 10.5. The van der Waals surface area contributed by atoms with Crippen molar-refractivity contribution in [3.05, 3.63) is 70.6 Å². The summed E-state index contributed by atoms with van der Waals surface area (Å²) in [6.45, 7) is 3.47. The molecule has 0 atom stereocenters. The molecule has 0 radical (unpaired) electrons. The second-order valence-corrected chi connectivity index (χ2v) is 6.87. The fraction of sp³-hybridized carbons (Fsp3) is 0.273. The van der Waals surface area contributed by atoms with Gasteiger partial charge in [0.1, 0.15) is 16.9 Å². The molecule has 1 aromatic heterocycles. The standard InChI is InChI=1S/C22H22N2O4/c1-27-18-8-7-16-13-19(22(26)28-21(16)14-18)20(25)15-23-9-11-24(12-10-23)17-5-3-2-4-6-17/h2-8,13-14H,9-12,15H2,1H3. The minimum Gasteiger partial charge on any atom is -0.497 e. The zero-order chi connectivity index (χ0) is 19.5. The highest BCUT2D eigenvalue weighted by atomic mass is 16.5. The summed E-state index contributed by atoms with van der Waals surface area (Å²) >= 11 is 0. The summed E-state index contributed by atoms with van der Waals surface area (Å²) in [5, 5.41) is 0.706. The monoisotopic (exact) mass is 378 g/mol. The number of carbonyl (C=O) groups is 1. The van der Waals surface area contributed by atoms with Crippen molar-refractivity contribution in [3.63, 3.8) is 0 Å². The first kappa shape index (κ1) is 18.3. The number of nitrogens with zero attached hydrogens (tertiary/aromatic N) is 2. The third kappa shape index (κ3) is 3.77. The van der Waals surface area contributed by atoms with Crippen molar-refractivity contribution < 1.29 is 13.9 Å². The number of hydrogen-bond donors (Lipinski definition) is 0. The quantitative estimate of drug-likeness (QED) is 0.503. The molecule has 0 spiro atoms. The number of Topliss-reactive ketones (excluding diaryl/α,β-unsaturated/α-hetero) is 1. The zero-order valence-electron chi connectivity index (χ0n) is 15.8. The highest BCUT2D eigenvalue weighted by molar-refractivity contribution is 5.99. The summed E-state index contributed by atoms with van der Waals surface area (Å²) in [7, 11) is 1.55. The van der Waals surface area contributed by atoms with Gasteiger partial charge in [-0.1, -0.05) is 18.2 Å². The molecule has 0 amide bonds. The number of ether oxygens (including phenoxy) is 1. The van der Waals surface area contributed by atoms with Crippen LogP contribution in [0, 0.1) is 0 Å². The van der Waals surface area contributed by atoms with Gasteiger partial charge in [0.2, 0.25) is 0 Å². The van der Waals surface area contributed by atoms with Crippen molar-refractivity contribution in [1.82, 2.24) is 4.90 Å². The number of ketones is 1. The Balaban J connectivity index is 1.44. The van der Waals surface area contributed by atoms with Crippen molar-refractivity contribution in [3.8, 4) is 5.75 Å². The lowest BCUT2D eigenvalue weighted by Crippen LogP contribution is -2.48. The van der Waals surface area contributed by atoms with Gasteiger partial charge in [-0.05, 0) is 30.3 Å². The number of anilines is 1. The van der Waals surface area contributed by atoms with Gasteiger partial charge >= 0.3 is 5.63 Å². The van der Waals surface area contributed by atoms with Gasteiger partial charge in [0.25, 0.3) is 0 Å². The summed E-state index contributed by atoms with van der Waals surface area (Å²) in [5.41, 5.74) is 1.10. The number of methoxy groups -OCH3 is 1. The van der Waals surface area contributed by atoms with Crippen LogP contribution in [0.1, 0.15) is 10.4 Å². The fourth-order valence-electron chi connectivity index (χ4n) is 3.50. The van der Waals surface area contributed by atoms with E-state index < -0.39 is 5.63 Å². The average Bonchev–Trinajstić information content (AvgIpc) is 2.74. The summed E-state index contributed by atoms with van der Waals surface area (Å²) in [6, 6.07) is 17.1. The smallest absolute Gasteiger partial charge is 0.347 e. The van der Waals surface area contributed by atoms with Crippen molar-refractivity contribution in [2.24, 2.45) is 0 Å². The van der Waals surface area contributed by atoms with Gasteiger partial charge < -0.3 is 14.1 Å². The number of rotatable bonds is 5. The first-order valence-corrected chi connectivity index (χ1v) is 9.31. The molecule has 0 N–H and O–H groups in total. The molecule has 1 saturated heterocycles. The average molecular weight is 378 g/mol. The Morgan fingerprint density at radius 1 is 1.04 bits per heavy atom. The van der Waals surface area contributed by atoms with Gasteiger partial charge in [-0.3, -0.25) is 9.69 Å². The summed E-state index contributed by atoms with van der Waals surface area (Å²) in [6.07, 6.45) is 0. The molecule has 144 valence electrons. The second kappa shape index (κ2) is 7.86. The number of para-hydroxylation sites is 1. The number of hydrogen-bond acceptors (Lipinski definition) is 6. The maximum absolute atomic E-state index is 12.7. The van der Waals surface area contributed by atoms with Gasteiger partial charge in [0.15, 0.2) is 5.78 Å². The van der Waals surface area contributed by atoms with Gasteiger partial charge in [-0.15, -0.1) is 0 Å². The molecule has 2 heterocycles. The van der Waals surface area contributed by atoms with Crippen LogP contribution in [0.4, 0.5) is 5.69 Å². The highest BCUT2D eigenvalue weighted by Gasteiger charge is 2.22. The van der Waals surface area contributed by atoms with Gasteiger partial charge in [0.05, 0.1) is 13.7 Å². The minimum atomic E-state index is -0.603. The van der Waals surface area contributed by atoms with Crippen LogP contribution in [0.25, 0.3) is 11.0 Å². The molecule has 3 aromatic rings. The molecule has 1 aliphatic heterocycles. The molecule has 0 aliphatic carbocycles. The van der Waals surface area contributed by atoms with Crippen molar-refractivity contribution in [2.75, 3.05) is 44.7 Å². The predicted octanol–water partition coefficient (Wildman–Crippen LogP) is 2.81. The molecule has 0 unspecified atom stereocenters. The van der Waals surface area contributed by atoms with E-state index in [1.807, 2.05) is 18.2 Å². The second-order valence-electron chi connectivity index (χ2n) is 6.87. The number of benzene rings is 2.